The lowest BCUT2D eigenvalue weighted by atomic mass is 9.94. The lowest BCUT2D eigenvalue weighted by Crippen LogP contribution is -2.44. The number of Topliss-reactive ketones (excluding diaryl/α,β-unsaturated/α-hetero) is 1. The molecule has 0 unspecified atom stereocenters. The Morgan fingerprint density at radius 1 is 1.04 bits per heavy atom. The molecule has 0 atom stereocenters. The fraction of sp³-hybridized carbons (Fsp3) is 0.556. The molecule has 1 fully saturated rings. The molecule has 25 heavy (non-hydrogen) atoms. The molecule has 2 rings (SSSR count). The van der Waals surface area contributed by atoms with Crippen LogP contribution < -0.4 is 0 Å². The SMILES string of the molecule is CC(=O)c1ccc(S(=O)(=O)N(C)CC(=O)N(C)C2CCCCC2)cc1. The van der Waals surface area contributed by atoms with Gasteiger partial charge in [0.1, 0.15) is 0 Å². The predicted octanol–water partition coefficient (Wildman–Crippen LogP) is 2.30. The molecule has 1 aromatic rings. The Balaban J connectivity index is 2.05. The summed E-state index contributed by atoms with van der Waals surface area (Å²) in [6, 6.07) is 5.97. The van der Waals surface area contributed by atoms with Crippen LogP contribution in [0.5, 0.6) is 0 Å². The average molecular weight is 366 g/mol. The van der Waals surface area contributed by atoms with Gasteiger partial charge in [-0.3, -0.25) is 9.59 Å². The van der Waals surface area contributed by atoms with Crippen LogP contribution in [-0.2, 0) is 14.8 Å². The molecule has 1 saturated carbocycles. The van der Waals surface area contributed by atoms with E-state index in [1.54, 1.807) is 11.9 Å². The van der Waals surface area contributed by atoms with E-state index in [1.165, 1.54) is 44.7 Å². The molecule has 1 aliphatic carbocycles. The molecule has 0 aromatic heterocycles. The summed E-state index contributed by atoms with van der Waals surface area (Å²) >= 11 is 0. The first kappa shape index (κ1) is 19.6. The van der Waals surface area contributed by atoms with Gasteiger partial charge in [0.25, 0.3) is 0 Å². The van der Waals surface area contributed by atoms with Gasteiger partial charge in [0, 0.05) is 25.7 Å². The van der Waals surface area contributed by atoms with Gasteiger partial charge in [-0.2, -0.15) is 4.31 Å². The Kier molecular flexibility index (Phi) is 6.35. The minimum atomic E-state index is -3.77. The van der Waals surface area contributed by atoms with Gasteiger partial charge < -0.3 is 4.90 Å². The number of carbonyl (C=O) groups excluding carboxylic acids is 2. The Morgan fingerprint density at radius 2 is 1.60 bits per heavy atom. The van der Waals surface area contributed by atoms with Crippen molar-refractivity contribution < 1.29 is 18.0 Å². The highest BCUT2D eigenvalue weighted by molar-refractivity contribution is 7.89. The number of hydrogen-bond acceptors (Lipinski definition) is 4. The van der Waals surface area contributed by atoms with Gasteiger partial charge in [0.2, 0.25) is 15.9 Å². The number of nitrogens with zero attached hydrogens (tertiary/aromatic N) is 2. The van der Waals surface area contributed by atoms with Gasteiger partial charge in [0.05, 0.1) is 11.4 Å². The summed E-state index contributed by atoms with van der Waals surface area (Å²) in [7, 11) is -0.612. The maximum absolute atomic E-state index is 12.6. The monoisotopic (exact) mass is 366 g/mol. The van der Waals surface area contributed by atoms with E-state index in [9.17, 15) is 18.0 Å². The van der Waals surface area contributed by atoms with Crippen LogP contribution in [0.1, 0.15) is 49.4 Å². The molecule has 1 aliphatic rings. The molecule has 138 valence electrons. The quantitative estimate of drug-likeness (QED) is 0.724. The number of amides is 1. The number of carbonyl (C=O) groups is 2. The van der Waals surface area contributed by atoms with Crippen molar-refractivity contribution >= 4 is 21.7 Å². The second-order valence-electron chi connectivity index (χ2n) is 6.64. The molecule has 0 N–H and O–H groups in total. The highest BCUT2D eigenvalue weighted by Crippen LogP contribution is 2.22. The van der Waals surface area contributed by atoms with Crippen LogP contribution in [0.4, 0.5) is 0 Å². The second-order valence-corrected chi connectivity index (χ2v) is 8.68. The van der Waals surface area contributed by atoms with Gasteiger partial charge in [-0.25, -0.2) is 8.42 Å². The first-order chi connectivity index (χ1) is 11.7. The summed E-state index contributed by atoms with van der Waals surface area (Å²) in [6.07, 6.45) is 5.37. The molecule has 0 spiro atoms. The molecule has 0 radical (unpaired) electrons. The molecular formula is C18H26N2O4S. The van der Waals surface area contributed by atoms with E-state index in [0.717, 1.165) is 30.0 Å². The van der Waals surface area contributed by atoms with Gasteiger partial charge >= 0.3 is 0 Å². The number of hydrogen-bond donors (Lipinski definition) is 0. The molecule has 1 aromatic carbocycles. The van der Waals surface area contributed by atoms with Crippen LogP contribution >= 0.6 is 0 Å². The number of likely N-dealkylation sites (N-methyl/N-ethyl adjacent to an activating group) is 2. The minimum Gasteiger partial charge on any atom is -0.342 e. The van der Waals surface area contributed by atoms with Crippen LogP contribution in [0.3, 0.4) is 0 Å². The normalized spacial score (nSPS) is 16.0. The van der Waals surface area contributed by atoms with Gasteiger partial charge in [0.15, 0.2) is 5.78 Å². The highest BCUT2D eigenvalue weighted by atomic mass is 32.2. The Hall–Kier alpha value is -1.73. The fourth-order valence-electron chi connectivity index (χ4n) is 3.10. The van der Waals surface area contributed by atoms with E-state index < -0.39 is 10.0 Å². The molecule has 0 bridgehead atoms. The largest absolute Gasteiger partial charge is 0.342 e. The molecule has 7 heteroatoms. The summed E-state index contributed by atoms with van der Waals surface area (Å²) in [5, 5.41) is 0. The van der Waals surface area contributed by atoms with Gasteiger partial charge in [-0.15, -0.1) is 0 Å². The van der Waals surface area contributed by atoms with Crippen molar-refractivity contribution in [1.29, 1.82) is 0 Å². The second kappa shape index (κ2) is 8.10. The molecule has 1 amide bonds. The van der Waals surface area contributed by atoms with Crippen LogP contribution in [-0.4, -0.2) is 56.0 Å². The number of ketones is 1. The summed E-state index contributed by atoms with van der Waals surface area (Å²) in [5.74, 6) is -0.320. The van der Waals surface area contributed by atoms with E-state index in [2.05, 4.69) is 0 Å². The molecular weight excluding hydrogens is 340 g/mol. The highest BCUT2D eigenvalue weighted by Gasteiger charge is 2.27. The van der Waals surface area contributed by atoms with E-state index in [0.29, 0.717) is 5.56 Å². The number of rotatable bonds is 6. The fourth-order valence-corrected chi connectivity index (χ4v) is 4.22. The van der Waals surface area contributed by atoms with Crippen LogP contribution in [0, 0.1) is 0 Å². The minimum absolute atomic E-state index is 0.0770. The Morgan fingerprint density at radius 3 is 2.12 bits per heavy atom. The molecule has 0 aliphatic heterocycles. The van der Waals surface area contributed by atoms with Crippen LogP contribution in [0.2, 0.25) is 0 Å². The zero-order chi connectivity index (χ0) is 18.6. The first-order valence-corrected chi connectivity index (χ1v) is 10.0. The lowest BCUT2D eigenvalue weighted by Gasteiger charge is -2.32. The zero-order valence-electron chi connectivity index (χ0n) is 15.1. The smallest absolute Gasteiger partial charge is 0.243 e. The van der Waals surface area contributed by atoms with Crippen molar-refractivity contribution in [1.82, 2.24) is 9.21 Å². The van der Waals surface area contributed by atoms with Crippen molar-refractivity contribution in [2.45, 2.75) is 50.0 Å². The summed E-state index contributed by atoms with van der Waals surface area (Å²) in [5.41, 5.74) is 0.453. The average Bonchev–Trinajstić information content (AvgIpc) is 2.61. The van der Waals surface area contributed by atoms with Crippen molar-refractivity contribution in [3.8, 4) is 0 Å². The predicted molar refractivity (Wildman–Crippen MR) is 95.9 cm³/mol. The maximum Gasteiger partial charge on any atom is 0.243 e. The Labute approximate surface area is 149 Å². The maximum atomic E-state index is 12.6. The van der Waals surface area contributed by atoms with E-state index >= 15 is 0 Å². The topological polar surface area (TPSA) is 74.8 Å². The van der Waals surface area contributed by atoms with Crippen molar-refractivity contribution in [2.75, 3.05) is 20.6 Å². The standard InChI is InChI=1S/C18H26N2O4S/c1-14(21)15-9-11-17(12-10-15)25(23,24)19(2)13-18(22)20(3)16-7-5-4-6-8-16/h9-12,16H,4-8,13H2,1-3H3. The molecule has 6 nitrogen and oxygen atoms in total. The summed E-state index contributed by atoms with van der Waals surface area (Å²) in [6.45, 7) is 1.24. The third kappa shape index (κ3) is 4.67. The van der Waals surface area contributed by atoms with E-state index in [4.69, 9.17) is 0 Å². The van der Waals surface area contributed by atoms with Crippen molar-refractivity contribution in [3.63, 3.8) is 0 Å². The molecule has 0 heterocycles. The lowest BCUT2D eigenvalue weighted by molar-refractivity contribution is -0.132. The first-order valence-electron chi connectivity index (χ1n) is 8.56. The third-order valence-electron chi connectivity index (χ3n) is 4.84. The zero-order valence-corrected chi connectivity index (χ0v) is 15.9. The summed E-state index contributed by atoms with van der Waals surface area (Å²) < 4.78 is 26.3. The van der Waals surface area contributed by atoms with E-state index in [1.807, 2.05) is 0 Å². The van der Waals surface area contributed by atoms with Crippen LogP contribution in [0.25, 0.3) is 0 Å². The molecule has 0 saturated heterocycles. The van der Waals surface area contributed by atoms with Crippen LogP contribution in [0.15, 0.2) is 29.2 Å². The summed E-state index contributed by atoms with van der Waals surface area (Å²) in [4.78, 5) is 25.5. The van der Waals surface area contributed by atoms with Gasteiger partial charge in [-0.05, 0) is 31.9 Å². The number of benzene rings is 1. The number of sulfonamides is 1. The van der Waals surface area contributed by atoms with Gasteiger partial charge in [-0.1, -0.05) is 31.4 Å². The Bertz CT molecular complexity index is 722. The van der Waals surface area contributed by atoms with Crippen molar-refractivity contribution in [3.05, 3.63) is 29.8 Å². The third-order valence-corrected chi connectivity index (χ3v) is 6.66. The van der Waals surface area contributed by atoms with Crippen molar-refractivity contribution in [2.24, 2.45) is 0 Å². The van der Waals surface area contributed by atoms with E-state index in [-0.39, 0.29) is 29.2 Å².